The Bertz CT molecular complexity index is 790. The van der Waals surface area contributed by atoms with Gasteiger partial charge < -0.3 is 10.1 Å². The molecule has 0 saturated carbocycles. The maximum atomic E-state index is 12.3. The van der Waals surface area contributed by atoms with Gasteiger partial charge in [-0.1, -0.05) is 69.4 Å². The topological polar surface area (TPSA) is 62.1 Å². The zero-order valence-electron chi connectivity index (χ0n) is 16.5. The van der Waals surface area contributed by atoms with E-state index in [1.54, 1.807) is 18.2 Å². The summed E-state index contributed by atoms with van der Waals surface area (Å²) in [5.41, 5.74) is 1.50. The van der Waals surface area contributed by atoms with Crippen molar-refractivity contribution in [1.82, 2.24) is 0 Å². The highest BCUT2D eigenvalue weighted by Gasteiger charge is 2.09. The van der Waals surface area contributed by atoms with Gasteiger partial charge in [-0.2, -0.15) is 5.26 Å². The standard InChI is InChI=1S/C24H28N2O2/c1-2-3-4-5-6-10-17-28-23-15-13-20(14-16-23)18-21(19-25)24(27)26-22-11-8-7-9-12-22/h7-9,11-16,18H,2-6,10,17H2,1H3,(H,26,27)/b21-18+. The first-order chi connectivity index (χ1) is 13.7. The Morgan fingerprint density at radius 1 is 1.00 bits per heavy atom. The molecule has 1 amide bonds. The highest BCUT2D eigenvalue weighted by Crippen LogP contribution is 2.16. The highest BCUT2D eigenvalue weighted by molar-refractivity contribution is 6.09. The molecule has 146 valence electrons. The summed E-state index contributed by atoms with van der Waals surface area (Å²) in [4.78, 5) is 12.3. The van der Waals surface area contributed by atoms with E-state index < -0.39 is 5.91 Å². The minimum Gasteiger partial charge on any atom is -0.494 e. The molecule has 2 aromatic rings. The van der Waals surface area contributed by atoms with E-state index in [4.69, 9.17) is 4.74 Å². The largest absolute Gasteiger partial charge is 0.494 e. The predicted octanol–water partition coefficient (Wildman–Crippen LogP) is 5.97. The molecule has 0 heterocycles. The van der Waals surface area contributed by atoms with Crippen LogP contribution in [0.1, 0.15) is 51.0 Å². The summed E-state index contributed by atoms with van der Waals surface area (Å²) in [5, 5.41) is 12.0. The van der Waals surface area contributed by atoms with Crippen LogP contribution in [0.3, 0.4) is 0 Å². The minimum atomic E-state index is -0.419. The number of benzene rings is 2. The summed E-state index contributed by atoms with van der Waals surface area (Å²) in [6.45, 7) is 2.93. The molecule has 4 heteroatoms. The lowest BCUT2D eigenvalue weighted by atomic mass is 10.1. The van der Waals surface area contributed by atoms with E-state index in [9.17, 15) is 10.1 Å². The van der Waals surface area contributed by atoms with E-state index in [2.05, 4.69) is 12.2 Å². The Kier molecular flexibility index (Phi) is 9.37. The summed E-state index contributed by atoms with van der Waals surface area (Å²) in [6.07, 6.45) is 8.98. The lowest BCUT2D eigenvalue weighted by molar-refractivity contribution is -0.112. The van der Waals surface area contributed by atoms with Gasteiger partial charge in [-0.15, -0.1) is 0 Å². The van der Waals surface area contributed by atoms with Crippen LogP contribution >= 0.6 is 0 Å². The third-order valence-electron chi connectivity index (χ3n) is 4.35. The molecule has 0 aromatic heterocycles. The molecular formula is C24H28N2O2. The average Bonchev–Trinajstić information content (AvgIpc) is 2.73. The molecule has 0 unspecified atom stereocenters. The van der Waals surface area contributed by atoms with Crippen molar-refractivity contribution in [2.45, 2.75) is 45.4 Å². The van der Waals surface area contributed by atoms with Crippen molar-refractivity contribution in [2.75, 3.05) is 11.9 Å². The normalized spacial score (nSPS) is 10.9. The van der Waals surface area contributed by atoms with E-state index in [1.165, 1.54) is 32.1 Å². The third kappa shape index (κ3) is 7.67. The van der Waals surface area contributed by atoms with Gasteiger partial charge in [0.2, 0.25) is 0 Å². The molecule has 0 radical (unpaired) electrons. The molecule has 0 aliphatic carbocycles. The number of nitrogens with one attached hydrogen (secondary N) is 1. The van der Waals surface area contributed by atoms with Gasteiger partial charge in [0.05, 0.1) is 6.61 Å². The summed E-state index contributed by atoms with van der Waals surface area (Å²) in [7, 11) is 0. The van der Waals surface area contributed by atoms with Crippen LogP contribution in [-0.2, 0) is 4.79 Å². The molecule has 0 bridgehead atoms. The molecule has 0 saturated heterocycles. The first-order valence-corrected chi connectivity index (χ1v) is 9.94. The van der Waals surface area contributed by atoms with E-state index in [0.717, 1.165) is 17.7 Å². The van der Waals surface area contributed by atoms with Crippen molar-refractivity contribution in [2.24, 2.45) is 0 Å². The molecule has 2 aromatic carbocycles. The van der Waals surface area contributed by atoms with Crippen molar-refractivity contribution in [3.8, 4) is 11.8 Å². The summed E-state index contributed by atoms with van der Waals surface area (Å²) in [5.74, 6) is 0.384. The maximum Gasteiger partial charge on any atom is 0.266 e. The van der Waals surface area contributed by atoms with Gasteiger partial charge in [-0.05, 0) is 42.3 Å². The molecule has 1 N–H and O–H groups in total. The molecule has 0 atom stereocenters. The highest BCUT2D eigenvalue weighted by atomic mass is 16.5. The number of nitrogens with zero attached hydrogens (tertiary/aromatic N) is 1. The fourth-order valence-corrected chi connectivity index (χ4v) is 2.77. The van der Waals surface area contributed by atoms with Crippen LogP contribution in [0.15, 0.2) is 60.2 Å². The zero-order chi connectivity index (χ0) is 20.0. The van der Waals surface area contributed by atoms with Crippen LogP contribution in [0.4, 0.5) is 5.69 Å². The molecular weight excluding hydrogens is 348 g/mol. The summed E-state index contributed by atoms with van der Waals surface area (Å²) < 4.78 is 5.76. The van der Waals surface area contributed by atoms with E-state index in [1.807, 2.05) is 48.5 Å². The second-order valence-corrected chi connectivity index (χ2v) is 6.68. The first-order valence-electron chi connectivity index (χ1n) is 9.94. The molecule has 28 heavy (non-hydrogen) atoms. The fourth-order valence-electron chi connectivity index (χ4n) is 2.77. The Morgan fingerprint density at radius 2 is 1.68 bits per heavy atom. The van der Waals surface area contributed by atoms with E-state index in [0.29, 0.717) is 12.3 Å². The van der Waals surface area contributed by atoms with Crippen LogP contribution in [-0.4, -0.2) is 12.5 Å². The van der Waals surface area contributed by atoms with Crippen molar-refractivity contribution >= 4 is 17.7 Å². The van der Waals surface area contributed by atoms with Crippen molar-refractivity contribution < 1.29 is 9.53 Å². The number of nitriles is 1. The van der Waals surface area contributed by atoms with E-state index >= 15 is 0 Å². The van der Waals surface area contributed by atoms with Crippen molar-refractivity contribution in [1.29, 1.82) is 5.26 Å². The zero-order valence-corrected chi connectivity index (χ0v) is 16.5. The van der Waals surface area contributed by atoms with Gasteiger partial charge in [0, 0.05) is 5.69 Å². The second kappa shape index (κ2) is 12.3. The summed E-state index contributed by atoms with van der Waals surface area (Å²) in [6, 6.07) is 18.5. The number of ether oxygens (including phenoxy) is 1. The van der Waals surface area contributed by atoms with Crippen molar-refractivity contribution in [3.63, 3.8) is 0 Å². The van der Waals surface area contributed by atoms with Gasteiger partial charge in [0.1, 0.15) is 17.4 Å². The molecule has 0 aliphatic rings. The number of carbonyl (C=O) groups is 1. The Morgan fingerprint density at radius 3 is 2.36 bits per heavy atom. The van der Waals surface area contributed by atoms with Crippen molar-refractivity contribution in [3.05, 3.63) is 65.7 Å². The number of anilines is 1. The van der Waals surface area contributed by atoms with Gasteiger partial charge in [-0.25, -0.2) is 0 Å². The average molecular weight is 377 g/mol. The van der Waals surface area contributed by atoms with Crippen LogP contribution < -0.4 is 10.1 Å². The molecule has 0 spiro atoms. The number of para-hydroxylation sites is 1. The van der Waals surface area contributed by atoms with Crippen LogP contribution in [0, 0.1) is 11.3 Å². The maximum absolute atomic E-state index is 12.3. The van der Waals surface area contributed by atoms with Gasteiger partial charge in [0.15, 0.2) is 0 Å². The monoisotopic (exact) mass is 376 g/mol. The predicted molar refractivity (Wildman–Crippen MR) is 114 cm³/mol. The SMILES string of the molecule is CCCCCCCCOc1ccc(/C=C(\C#N)C(=O)Nc2ccccc2)cc1. The number of unbranched alkanes of at least 4 members (excludes halogenated alkanes) is 5. The second-order valence-electron chi connectivity index (χ2n) is 6.68. The van der Waals surface area contributed by atoms with E-state index in [-0.39, 0.29) is 5.57 Å². The Hall–Kier alpha value is -3.06. The quantitative estimate of drug-likeness (QED) is 0.298. The lowest BCUT2D eigenvalue weighted by Gasteiger charge is -2.07. The van der Waals surface area contributed by atoms with Crippen LogP contribution in [0.2, 0.25) is 0 Å². The van der Waals surface area contributed by atoms with Gasteiger partial charge in [-0.3, -0.25) is 4.79 Å². The van der Waals surface area contributed by atoms with Gasteiger partial charge in [0.25, 0.3) is 5.91 Å². The lowest BCUT2D eigenvalue weighted by Crippen LogP contribution is -2.13. The smallest absolute Gasteiger partial charge is 0.266 e. The molecule has 2 rings (SSSR count). The number of amides is 1. The number of rotatable bonds is 11. The van der Waals surface area contributed by atoms with Crippen LogP contribution in [0.5, 0.6) is 5.75 Å². The Labute approximate surface area is 167 Å². The third-order valence-corrected chi connectivity index (χ3v) is 4.35. The molecule has 0 aliphatic heterocycles. The number of carbonyl (C=O) groups excluding carboxylic acids is 1. The molecule has 4 nitrogen and oxygen atoms in total. The van der Waals surface area contributed by atoms with Crippen LogP contribution in [0.25, 0.3) is 6.08 Å². The van der Waals surface area contributed by atoms with Gasteiger partial charge >= 0.3 is 0 Å². The Balaban J connectivity index is 1.83. The number of hydrogen-bond donors (Lipinski definition) is 1. The minimum absolute atomic E-state index is 0.0598. The fraction of sp³-hybridized carbons (Fsp3) is 0.333. The first kappa shape index (κ1) is 21.2. The molecule has 0 fully saturated rings. The number of hydrogen-bond acceptors (Lipinski definition) is 3. The summed E-state index contributed by atoms with van der Waals surface area (Å²) >= 11 is 0.